The summed E-state index contributed by atoms with van der Waals surface area (Å²) < 4.78 is 0. The summed E-state index contributed by atoms with van der Waals surface area (Å²) in [5.41, 5.74) is 7.90. The number of nitrogens with one attached hydrogen (secondary N) is 2. The molecule has 0 unspecified atom stereocenters. The van der Waals surface area contributed by atoms with E-state index in [9.17, 15) is 4.79 Å². The van der Waals surface area contributed by atoms with Crippen LogP contribution in [0.3, 0.4) is 0 Å². The predicted octanol–water partition coefficient (Wildman–Crippen LogP) is 0.995. The van der Waals surface area contributed by atoms with Gasteiger partial charge in [0.2, 0.25) is 5.96 Å². The Bertz CT molecular complexity index is 493. The lowest BCUT2D eigenvalue weighted by molar-refractivity contribution is -0.742. The van der Waals surface area contributed by atoms with Crippen molar-refractivity contribution in [3.63, 3.8) is 0 Å². The molecule has 0 aliphatic heterocycles. The van der Waals surface area contributed by atoms with Crippen LogP contribution in [0.4, 0.5) is 10.5 Å². The van der Waals surface area contributed by atoms with E-state index in [0.717, 1.165) is 16.0 Å². The molecular weight excluding hydrogens is 266 g/mol. The summed E-state index contributed by atoms with van der Waals surface area (Å²) in [5.74, 6) is -0.295. The van der Waals surface area contributed by atoms with E-state index in [1.165, 1.54) is 7.05 Å². The van der Waals surface area contributed by atoms with Gasteiger partial charge in [-0.3, -0.25) is 5.41 Å². The van der Waals surface area contributed by atoms with Gasteiger partial charge in [0.1, 0.15) is 0 Å². The first kappa shape index (κ1) is 17.2. The monoisotopic (exact) mass is 283 g/mol. The number of nitrogens with zero attached hydrogens (tertiary/aromatic N) is 2. The summed E-state index contributed by atoms with van der Waals surface area (Å²) in [6, 6.07) is 5.24. The quantitative estimate of drug-likeness (QED) is 0.263. The topological polar surface area (TPSA) is 146 Å². The smallest absolute Gasteiger partial charge is 0.328 e. The molecule has 0 saturated carbocycles. The highest BCUT2D eigenvalue weighted by atomic mass is 16.9. The lowest BCUT2D eigenvalue weighted by Gasteiger charge is -2.23. The molecule has 0 radical (unpaired) electrons. The third-order valence-corrected chi connectivity index (χ3v) is 2.32. The van der Waals surface area contributed by atoms with Crippen molar-refractivity contribution in [2.24, 2.45) is 5.73 Å². The van der Waals surface area contributed by atoms with Crippen LogP contribution < -0.4 is 16.0 Å². The summed E-state index contributed by atoms with van der Waals surface area (Å²) >= 11 is 0. The lowest BCUT2D eigenvalue weighted by atomic mass is 10.1. The fourth-order valence-corrected chi connectivity index (χ4v) is 1.60. The van der Waals surface area contributed by atoms with Crippen LogP contribution in [0.25, 0.3) is 0 Å². The van der Waals surface area contributed by atoms with Crippen LogP contribution in [0.15, 0.2) is 18.2 Å². The molecule has 9 nitrogen and oxygen atoms in total. The molecule has 0 aliphatic rings. The van der Waals surface area contributed by atoms with Crippen molar-refractivity contribution in [2.45, 2.75) is 13.8 Å². The minimum atomic E-state index is -1.50. The second kappa shape index (κ2) is 7.56. The number of rotatable bonds is 1. The zero-order valence-corrected chi connectivity index (χ0v) is 11.4. The second-order valence-corrected chi connectivity index (χ2v) is 3.75. The number of para-hydroxylation sites is 1. The highest BCUT2D eigenvalue weighted by Crippen LogP contribution is 2.24. The van der Waals surface area contributed by atoms with Gasteiger partial charge < -0.3 is 16.3 Å². The van der Waals surface area contributed by atoms with E-state index in [-0.39, 0.29) is 5.96 Å². The van der Waals surface area contributed by atoms with Gasteiger partial charge in [-0.15, -0.1) is 10.1 Å². The minimum Gasteiger partial charge on any atom is -0.369 e. The van der Waals surface area contributed by atoms with Gasteiger partial charge in [0.15, 0.2) is 0 Å². The standard InChI is InChI=1S/C11H16N4O.HNO3/c1-7-5-4-6-8(2)9(7)15(10(12)13)11(16)14-3;2-1(3)4/h4-6H,1-3H3,(H3,12,13)(H,14,16);(H,2,3,4). The zero-order valence-electron chi connectivity index (χ0n) is 11.4. The molecular formula is C11H17N5O4. The van der Waals surface area contributed by atoms with Gasteiger partial charge in [0, 0.05) is 7.05 Å². The van der Waals surface area contributed by atoms with Crippen LogP contribution in [0, 0.1) is 29.4 Å². The number of hydrogen-bond donors (Lipinski definition) is 4. The van der Waals surface area contributed by atoms with E-state index in [1.807, 2.05) is 32.0 Å². The first-order valence-electron chi connectivity index (χ1n) is 5.47. The molecule has 0 saturated heterocycles. The molecule has 5 N–H and O–H groups in total. The highest BCUT2D eigenvalue weighted by molar-refractivity contribution is 6.14. The number of urea groups is 1. The van der Waals surface area contributed by atoms with Crippen molar-refractivity contribution in [3.8, 4) is 0 Å². The number of amides is 2. The molecule has 1 aromatic rings. The number of anilines is 1. The summed E-state index contributed by atoms with van der Waals surface area (Å²) in [5, 5.41) is 23.6. The van der Waals surface area contributed by atoms with E-state index in [4.69, 9.17) is 26.5 Å². The SMILES string of the molecule is CNC(=O)N(C(=N)N)c1c(C)cccc1C.O=[N+]([O-])O. The Morgan fingerprint density at radius 2 is 1.85 bits per heavy atom. The molecule has 9 heteroatoms. The van der Waals surface area contributed by atoms with Gasteiger partial charge in [0.25, 0.3) is 5.09 Å². The molecule has 110 valence electrons. The number of nitrogens with two attached hydrogens (primary N) is 1. The van der Waals surface area contributed by atoms with E-state index in [0.29, 0.717) is 5.69 Å². The van der Waals surface area contributed by atoms with Crippen LogP contribution in [0.2, 0.25) is 0 Å². The molecule has 0 spiro atoms. The van der Waals surface area contributed by atoms with E-state index >= 15 is 0 Å². The summed E-state index contributed by atoms with van der Waals surface area (Å²) in [6.45, 7) is 3.75. The van der Waals surface area contributed by atoms with Gasteiger partial charge in [-0.05, 0) is 25.0 Å². The summed E-state index contributed by atoms with van der Waals surface area (Å²) in [6.07, 6.45) is 0. The molecule has 0 bridgehead atoms. The third kappa shape index (κ3) is 4.80. The van der Waals surface area contributed by atoms with Crippen molar-refractivity contribution in [1.82, 2.24) is 5.32 Å². The molecule has 1 rings (SSSR count). The maximum absolute atomic E-state index is 11.7. The maximum Gasteiger partial charge on any atom is 0.328 e. The molecule has 0 fully saturated rings. The Morgan fingerprint density at radius 1 is 1.45 bits per heavy atom. The fraction of sp³-hybridized carbons (Fsp3) is 0.273. The van der Waals surface area contributed by atoms with Crippen molar-refractivity contribution >= 4 is 17.7 Å². The van der Waals surface area contributed by atoms with Crippen molar-refractivity contribution in [2.75, 3.05) is 11.9 Å². The van der Waals surface area contributed by atoms with Crippen LogP contribution in [0.5, 0.6) is 0 Å². The number of aryl methyl sites for hydroxylation is 2. The fourth-order valence-electron chi connectivity index (χ4n) is 1.60. The zero-order chi connectivity index (χ0) is 15.9. The molecule has 20 heavy (non-hydrogen) atoms. The average Bonchev–Trinajstić information content (AvgIpc) is 2.32. The molecule has 0 heterocycles. The predicted molar refractivity (Wildman–Crippen MR) is 73.5 cm³/mol. The van der Waals surface area contributed by atoms with Crippen LogP contribution in [-0.2, 0) is 0 Å². The summed E-state index contributed by atoms with van der Waals surface area (Å²) in [7, 11) is 1.51. The van der Waals surface area contributed by atoms with Crippen LogP contribution >= 0.6 is 0 Å². The normalized spacial score (nSPS) is 8.95. The first-order chi connectivity index (χ1) is 9.22. The van der Waals surface area contributed by atoms with Crippen molar-refractivity contribution < 1.29 is 15.1 Å². The van der Waals surface area contributed by atoms with E-state index < -0.39 is 11.1 Å². The Balaban J connectivity index is 0.000000796. The summed E-state index contributed by atoms with van der Waals surface area (Å²) in [4.78, 5) is 21.2. The second-order valence-electron chi connectivity index (χ2n) is 3.75. The minimum absolute atomic E-state index is 0.295. The van der Waals surface area contributed by atoms with Gasteiger partial charge >= 0.3 is 6.03 Å². The average molecular weight is 283 g/mol. The Hall–Kier alpha value is -2.84. The Labute approximate surface area is 115 Å². The molecule has 2 amide bonds. The molecule has 0 aliphatic carbocycles. The number of hydrogen-bond acceptors (Lipinski definition) is 4. The number of carbonyl (C=O) groups is 1. The van der Waals surface area contributed by atoms with Gasteiger partial charge in [-0.2, -0.15) is 0 Å². The molecule has 1 aromatic carbocycles. The van der Waals surface area contributed by atoms with Crippen molar-refractivity contribution in [3.05, 3.63) is 39.4 Å². The highest BCUT2D eigenvalue weighted by Gasteiger charge is 2.20. The van der Waals surface area contributed by atoms with Gasteiger partial charge in [-0.25, -0.2) is 9.69 Å². The van der Waals surface area contributed by atoms with Crippen LogP contribution in [0.1, 0.15) is 11.1 Å². The number of carbonyl (C=O) groups excluding carboxylic acids is 1. The Morgan fingerprint density at radius 3 is 2.15 bits per heavy atom. The largest absolute Gasteiger partial charge is 0.369 e. The maximum atomic E-state index is 11.7. The molecule has 0 atom stereocenters. The van der Waals surface area contributed by atoms with E-state index in [2.05, 4.69) is 5.32 Å². The molecule has 0 aromatic heterocycles. The van der Waals surface area contributed by atoms with E-state index in [1.54, 1.807) is 0 Å². The van der Waals surface area contributed by atoms with Crippen molar-refractivity contribution in [1.29, 1.82) is 5.41 Å². The number of benzene rings is 1. The third-order valence-electron chi connectivity index (χ3n) is 2.32. The van der Waals surface area contributed by atoms with Gasteiger partial charge in [-0.1, -0.05) is 18.2 Å². The number of guanidine groups is 1. The first-order valence-corrected chi connectivity index (χ1v) is 5.47. The van der Waals surface area contributed by atoms with Crippen LogP contribution in [-0.4, -0.2) is 29.3 Å². The van der Waals surface area contributed by atoms with Gasteiger partial charge in [0.05, 0.1) is 5.69 Å². The lowest BCUT2D eigenvalue weighted by Crippen LogP contribution is -2.46. The Kier molecular flexibility index (Phi) is 6.49.